The summed E-state index contributed by atoms with van der Waals surface area (Å²) in [6, 6.07) is 8.37. The second-order valence-corrected chi connectivity index (χ2v) is 7.10. The number of carbonyl (C=O) groups excluding carboxylic acids is 2. The van der Waals surface area contributed by atoms with Gasteiger partial charge in [-0.2, -0.15) is 0 Å². The number of nitrogens with two attached hydrogens (primary N) is 1. The van der Waals surface area contributed by atoms with Crippen LogP contribution < -0.4 is 5.73 Å². The van der Waals surface area contributed by atoms with Crippen molar-refractivity contribution in [3.05, 3.63) is 41.5 Å². The highest BCUT2D eigenvalue weighted by Gasteiger charge is 2.35. The van der Waals surface area contributed by atoms with Gasteiger partial charge in [-0.15, -0.1) is 0 Å². The number of carbonyl (C=O) groups is 2. The minimum absolute atomic E-state index is 0.0619. The van der Waals surface area contributed by atoms with Gasteiger partial charge in [0.2, 0.25) is 11.8 Å². The molecule has 5 nitrogen and oxygen atoms in total. The van der Waals surface area contributed by atoms with Gasteiger partial charge in [-0.1, -0.05) is 29.8 Å². The molecule has 0 radical (unpaired) electrons. The molecule has 0 bridgehead atoms. The first kappa shape index (κ1) is 17.7. The van der Waals surface area contributed by atoms with E-state index in [2.05, 4.69) is 4.90 Å². The molecule has 2 aliphatic heterocycles. The van der Waals surface area contributed by atoms with Crippen molar-refractivity contribution >= 4 is 17.9 Å². The van der Waals surface area contributed by atoms with Crippen LogP contribution in [0.4, 0.5) is 0 Å². The maximum atomic E-state index is 12.4. The van der Waals surface area contributed by atoms with Gasteiger partial charge in [0.1, 0.15) is 0 Å². The lowest BCUT2D eigenvalue weighted by Crippen LogP contribution is -2.51. The fraction of sp³-hybridized carbons (Fsp3) is 0.500. The van der Waals surface area contributed by atoms with E-state index in [1.807, 2.05) is 42.2 Å². The fourth-order valence-corrected chi connectivity index (χ4v) is 3.90. The minimum atomic E-state index is -0.211. The molecule has 0 aliphatic carbocycles. The number of benzene rings is 1. The SMILES string of the molecule is Cc1ccc(C=CC(=O)N2CCC(N3CCCC3C(N)=O)CC2)cc1. The summed E-state index contributed by atoms with van der Waals surface area (Å²) >= 11 is 0. The Morgan fingerprint density at radius 1 is 1.08 bits per heavy atom. The normalized spacial score (nSPS) is 22.6. The van der Waals surface area contributed by atoms with Crippen LogP contribution in [-0.2, 0) is 9.59 Å². The average Bonchev–Trinajstić information content (AvgIpc) is 3.11. The highest BCUT2D eigenvalue weighted by Crippen LogP contribution is 2.26. The van der Waals surface area contributed by atoms with E-state index in [0.717, 1.165) is 50.9 Å². The summed E-state index contributed by atoms with van der Waals surface area (Å²) in [7, 11) is 0. The van der Waals surface area contributed by atoms with Crippen molar-refractivity contribution < 1.29 is 9.59 Å². The summed E-state index contributed by atoms with van der Waals surface area (Å²) in [4.78, 5) is 28.1. The van der Waals surface area contributed by atoms with Crippen LogP contribution in [0.2, 0.25) is 0 Å². The molecule has 1 aromatic rings. The van der Waals surface area contributed by atoms with Crippen molar-refractivity contribution in [2.24, 2.45) is 5.73 Å². The first-order valence-corrected chi connectivity index (χ1v) is 9.13. The van der Waals surface area contributed by atoms with E-state index in [0.29, 0.717) is 6.04 Å². The predicted octanol–water partition coefficient (Wildman–Crippen LogP) is 1.95. The summed E-state index contributed by atoms with van der Waals surface area (Å²) in [5, 5.41) is 0. The highest BCUT2D eigenvalue weighted by molar-refractivity contribution is 5.91. The molecule has 0 aromatic heterocycles. The van der Waals surface area contributed by atoms with E-state index < -0.39 is 0 Å². The molecule has 2 saturated heterocycles. The van der Waals surface area contributed by atoms with Crippen molar-refractivity contribution in [2.75, 3.05) is 19.6 Å². The van der Waals surface area contributed by atoms with Crippen LogP contribution in [0.3, 0.4) is 0 Å². The van der Waals surface area contributed by atoms with Gasteiger partial charge in [0.25, 0.3) is 0 Å². The molecule has 2 heterocycles. The van der Waals surface area contributed by atoms with Crippen molar-refractivity contribution in [1.29, 1.82) is 0 Å². The zero-order valence-corrected chi connectivity index (χ0v) is 14.9. The van der Waals surface area contributed by atoms with Crippen molar-refractivity contribution in [1.82, 2.24) is 9.80 Å². The Morgan fingerprint density at radius 2 is 1.76 bits per heavy atom. The lowest BCUT2D eigenvalue weighted by Gasteiger charge is -2.38. The summed E-state index contributed by atoms with van der Waals surface area (Å²) in [6.45, 7) is 4.47. The third-order valence-electron chi connectivity index (χ3n) is 5.36. The van der Waals surface area contributed by atoms with Crippen LogP contribution in [0.1, 0.15) is 36.8 Å². The van der Waals surface area contributed by atoms with Crippen molar-refractivity contribution in [3.63, 3.8) is 0 Å². The topological polar surface area (TPSA) is 66.6 Å². The quantitative estimate of drug-likeness (QED) is 0.851. The zero-order valence-electron chi connectivity index (χ0n) is 14.9. The molecule has 2 amide bonds. The fourth-order valence-electron chi connectivity index (χ4n) is 3.90. The van der Waals surface area contributed by atoms with Gasteiger partial charge >= 0.3 is 0 Å². The Morgan fingerprint density at radius 3 is 2.40 bits per heavy atom. The van der Waals surface area contributed by atoms with Crippen LogP contribution in [0.15, 0.2) is 30.3 Å². The first-order chi connectivity index (χ1) is 12.0. The number of hydrogen-bond acceptors (Lipinski definition) is 3. The molecule has 5 heteroatoms. The Bertz CT molecular complexity index is 645. The van der Waals surface area contributed by atoms with E-state index in [1.54, 1.807) is 6.08 Å². The van der Waals surface area contributed by atoms with Crippen LogP contribution in [0, 0.1) is 6.92 Å². The average molecular weight is 341 g/mol. The Labute approximate surface area is 149 Å². The number of piperidine rings is 1. The number of nitrogens with zero attached hydrogens (tertiary/aromatic N) is 2. The maximum absolute atomic E-state index is 12.4. The molecular weight excluding hydrogens is 314 g/mol. The van der Waals surface area contributed by atoms with Gasteiger partial charge in [0.15, 0.2) is 0 Å². The van der Waals surface area contributed by atoms with Crippen LogP contribution >= 0.6 is 0 Å². The Balaban J connectivity index is 1.52. The predicted molar refractivity (Wildman–Crippen MR) is 98.7 cm³/mol. The molecule has 1 atom stereocenters. The third kappa shape index (κ3) is 4.28. The monoisotopic (exact) mass is 341 g/mol. The van der Waals surface area contributed by atoms with Gasteiger partial charge in [-0.3, -0.25) is 14.5 Å². The first-order valence-electron chi connectivity index (χ1n) is 9.13. The summed E-state index contributed by atoms with van der Waals surface area (Å²) in [5.41, 5.74) is 7.77. The molecule has 134 valence electrons. The minimum Gasteiger partial charge on any atom is -0.368 e. The molecular formula is C20H27N3O2. The summed E-state index contributed by atoms with van der Waals surface area (Å²) < 4.78 is 0. The maximum Gasteiger partial charge on any atom is 0.246 e. The Hall–Kier alpha value is -2.14. The van der Waals surface area contributed by atoms with Gasteiger partial charge < -0.3 is 10.6 Å². The standard InChI is InChI=1S/C20H27N3O2/c1-15-4-6-16(7-5-15)8-9-19(24)22-13-10-17(11-14-22)23-12-2-3-18(23)20(21)25/h4-9,17-18H,2-3,10-14H2,1H3,(H2,21,25). The molecule has 25 heavy (non-hydrogen) atoms. The number of hydrogen-bond donors (Lipinski definition) is 1. The van der Waals surface area contributed by atoms with E-state index in [9.17, 15) is 9.59 Å². The van der Waals surface area contributed by atoms with Gasteiger partial charge in [0, 0.05) is 25.2 Å². The molecule has 0 spiro atoms. The van der Waals surface area contributed by atoms with Crippen molar-refractivity contribution in [3.8, 4) is 0 Å². The molecule has 2 fully saturated rings. The second kappa shape index (κ2) is 7.83. The molecule has 0 saturated carbocycles. The van der Waals surface area contributed by atoms with E-state index in [4.69, 9.17) is 5.73 Å². The van der Waals surface area contributed by atoms with Crippen LogP contribution in [0.25, 0.3) is 6.08 Å². The lowest BCUT2D eigenvalue weighted by atomic mass is 10.0. The van der Waals surface area contributed by atoms with Crippen molar-refractivity contribution in [2.45, 2.75) is 44.7 Å². The number of likely N-dealkylation sites (tertiary alicyclic amines) is 2. The lowest BCUT2D eigenvalue weighted by molar-refractivity contribution is -0.129. The number of amides is 2. The van der Waals surface area contributed by atoms with Crippen LogP contribution in [0.5, 0.6) is 0 Å². The number of aryl methyl sites for hydroxylation is 1. The van der Waals surface area contributed by atoms with E-state index in [-0.39, 0.29) is 17.9 Å². The number of rotatable bonds is 4. The molecule has 2 N–H and O–H groups in total. The Kier molecular flexibility index (Phi) is 5.53. The van der Waals surface area contributed by atoms with E-state index >= 15 is 0 Å². The third-order valence-corrected chi connectivity index (χ3v) is 5.36. The molecule has 1 unspecified atom stereocenters. The highest BCUT2D eigenvalue weighted by atomic mass is 16.2. The number of primary amides is 1. The second-order valence-electron chi connectivity index (χ2n) is 7.10. The van der Waals surface area contributed by atoms with Gasteiger partial charge in [-0.25, -0.2) is 0 Å². The zero-order chi connectivity index (χ0) is 17.8. The largest absolute Gasteiger partial charge is 0.368 e. The van der Waals surface area contributed by atoms with Gasteiger partial charge in [0.05, 0.1) is 6.04 Å². The van der Waals surface area contributed by atoms with Gasteiger partial charge in [-0.05, 0) is 50.8 Å². The van der Waals surface area contributed by atoms with Crippen LogP contribution in [-0.4, -0.2) is 53.3 Å². The smallest absolute Gasteiger partial charge is 0.246 e. The molecule has 3 rings (SSSR count). The van der Waals surface area contributed by atoms with E-state index in [1.165, 1.54) is 5.56 Å². The molecule has 2 aliphatic rings. The summed E-state index contributed by atoms with van der Waals surface area (Å²) in [6.07, 6.45) is 7.26. The molecule has 1 aromatic carbocycles. The summed E-state index contributed by atoms with van der Waals surface area (Å²) in [5.74, 6) is -0.149.